The molecule has 1 spiro atoms. The van der Waals surface area contributed by atoms with Crippen LogP contribution in [0.2, 0.25) is 0 Å². The van der Waals surface area contributed by atoms with Crippen molar-refractivity contribution in [1.29, 1.82) is 0 Å². The van der Waals surface area contributed by atoms with Gasteiger partial charge in [0.25, 0.3) is 0 Å². The molecule has 0 unspecified atom stereocenters. The van der Waals surface area contributed by atoms with Crippen LogP contribution in [0.4, 0.5) is 10.7 Å². The average molecular weight is 380 g/mol. The Hall–Kier alpha value is -3.03. The molecule has 2 fully saturated rings. The topological polar surface area (TPSA) is 88.1 Å². The maximum absolute atomic E-state index is 11.4. The van der Waals surface area contributed by atoms with Gasteiger partial charge in [-0.1, -0.05) is 18.2 Å². The minimum atomic E-state index is -0.350. The van der Waals surface area contributed by atoms with E-state index in [0.29, 0.717) is 6.54 Å². The summed E-state index contributed by atoms with van der Waals surface area (Å²) in [5, 5.41) is 13.0. The van der Waals surface area contributed by atoms with Crippen LogP contribution in [0, 0.1) is 0 Å². The summed E-state index contributed by atoms with van der Waals surface area (Å²) in [5.74, 6) is 1.88. The fourth-order valence-electron chi connectivity index (χ4n) is 4.36. The Labute approximate surface area is 162 Å². The molecule has 0 atom stereocenters. The summed E-state index contributed by atoms with van der Waals surface area (Å²) in [7, 11) is 0. The van der Waals surface area contributed by atoms with Gasteiger partial charge < -0.3 is 19.9 Å². The molecule has 1 aromatic carbocycles. The first kappa shape index (κ1) is 17.1. The Balaban J connectivity index is 1.36. The maximum Gasteiger partial charge on any atom is 0.407 e. The number of ether oxygens (including phenoxy) is 1. The number of alkyl carbamates (subject to hydrolysis) is 1. The maximum atomic E-state index is 11.4. The van der Waals surface area contributed by atoms with Crippen molar-refractivity contribution >= 4 is 22.9 Å². The Morgan fingerprint density at radius 1 is 1.21 bits per heavy atom. The number of aromatic amines is 1. The summed E-state index contributed by atoms with van der Waals surface area (Å²) in [6.07, 6.45) is 4.11. The highest BCUT2D eigenvalue weighted by Crippen LogP contribution is 2.31. The van der Waals surface area contributed by atoms with Crippen molar-refractivity contribution in [3.05, 3.63) is 41.9 Å². The number of anilines is 1. The molecule has 0 saturated carbocycles. The Kier molecular flexibility index (Phi) is 3.99. The largest absolute Gasteiger partial charge is 0.441 e. The van der Waals surface area contributed by atoms with Crippen LogP contribution in [0.5, 0.6) is 0 Å². The lowest BCUT2D eigenvalue weighted by atomic mass is 9.92. The van der Waals surface area contributed by atoms with Gasteiger partial charge in [-0.2, -0.15) is 0 Å². The summed E-state index contributed by atoms with van der Waals surface area (Å²) in [5.41, 5.74) is 2.02. The van der Waals surface area contributed by atoms with E-state index in [1.54, 1.807) is 0 Å². The van der Waals surface area contributed by atoms with Gasteiger partial charge >= 0.3 is 6.09 Å². The van der Waals surface area contributed by atoms with Crippen LogP contribution >= 0.6 is 0 Å². The van der Waals surface area contributed by atoms with Crippen molar-refractivity contribution in [3.8, 4) is 0 Å². The molecule has 8 nitrogen and oxygen atoms in total. The summed E-state index contributed by atoms with van der Waals surface area (Å²) < 4.78 is 7.72. The third-order valence-corrected chi connectivity index (χ3v) is 5.97. The van der Waals surface area contributed by atoms with Gasteiger partial charge in [0.2, 0.25) is 5.95 Å². The minimum absolute atomic E-state index is 0.300. The molecule has 8 heteroatoms. The number of carbonyl (C=O) groups is 1. The van der Waals surface area contributed by atoms with Crippen molar-refractivity contribution < 1.29 is 9.53 Å². The number of carbonyl (C=O) groups excluding carboxylic acids is 1. The number of nitrogens with zero attached hydrogens (tertiary/aromatic N) is 4. The molecule has 2 saturated heterocycles. The van der Waals surface area contributed by atoms with Crippen LogP contribution in [-0.4, -0.2) is 51.1 Å². The van der Waals surface area contributed by atoms with E-state index in [-0.39, 0.29) is 11.7 Å². The lowest BCUT2D eigenvalue weighted by Crippen LogP contribution is -2.47. The SMILES string of the molecule is CCn1c(Cc2c[nH]c3ccccc23)nnc1N1CCC2(CC1)CNC(=O)O2. The lowest BCUT2D eigenvalue weighted by Gasteiger charge is -2.37. The highest BCUT2D eigenvalue weighted by atomic mass is 16.6. The third-order valence-electron chi connectivity index (χ3n) is 5.97. The second-order valence-corrected chi connectivity index (χ2v) is 7.61. The van der Waals surface area contributed by atoms with E-state index in [1.165, 1.54) is 10.9 Å². The molecule has 3 aromatic rings. The number of amides is 1. The molecule has 2 aliphatic heterocycles. The number of fused-ring (bicyclic) bond motifs is 1. The quantitative estimate of drug-likeness (QED) is 0.726. The second kappa shape index (κ2) is 6.54. The Bertz CT molecular complexity index is 1010. The molecule has 2 N–H and O–H groups in total. The molecule has 0 aliphatic carbocycles. The zero-order chi connectivity index (χ0) is 19.1. The summed E-state index contributed by atoms with van der Waals surface area (Å²) in [4.78, 5) is 17.0. The molecular weight excluding hydrogens is 356 g/mol. The number of para-hydroxylation sites is 1. The first-order valence-corrected chi connectivity index (χ1v) is 9.86. The van der Waals surface area contributed by atoms with E-state index in [0.717, 1.165) is 56.2 Å². The van der Waals surface area contributed by atoms with E-state index in [1.807, 2.05) is 6.07 Å². The van der Waals surface area contributed by atoms with Gasteiger partial charge in [-0.3, -0.25) is 4.57 Å². The lowest BCUT2D eigenvalue weighted by molar-refractivity contribution is 0.0363. The number of aromatic nitrogens is 4. The fourth-order valence-corrected chi connectivity index (χ4v) is 4.36. The van der Waals surface area contributed by atoms with Crippen molar-refractivity contribution in [1.82, 2.24) is 25.1 Å². The molecule has 0 bridgehead atoms. The van der Waals surface area contributed by atoms with Gasteiger partial charge in [0, 0.05) is 56.0 Å². The number of benzene rings is 1. The molecule has 28 heavy (non-hydrogen) atoms. The standard InChI is InChI=1S/C20H24N6O2/c1-2-26-17(11-14-12-21-16-6-4-3-5-15(14)16)23-24-18(26)25-9-7-20(8-10-25)13-22-19(27)28-20/h3-6,12,21H,2,7-11,13H2,1H3,(H,22,27). The number of rotatable bonds is 4. The molecule has 146 valence electrons. The van der Waals surface area contributed by atoms with Crippen LogP contribution < -0.4 is 10.2 Å². The van der Waals surface area contributed by atoms with Crippen LogP contribution in [0.3, 0.4) is 0 Å². The number of nitrogens with one attached hydrogen (secondary N) is 2. The molecule has 2 aromatic heterocycles. The number of hydrogen-bond acceptors (Lipinski definition) is 5. The molecule has 4 heterocycles. The molecule has 1 amide bonds. The van der Waals surface area contributed by atoms with Gasteiger partial charge in [-0.15, -0.1) is 10.2 Å². The van der Waals surface area contributed by atoms with Gasteiger partial charge in [-0.05, 0) is 18.6 Å². The third kappa shape index (κ3) is 2.80. The predicted molar refractivity (Wildman–Crippen MR) is 105 cm³/mol. The second-order valence-electron chi connectivity index (χ2n) is 7.61. The zero-order valence-electron chi connectivity index (χ0n) is 15.9. The van der Waals surface area contributed by atoms with E-state index in [2.05, 4.69) is 61.3 Å². The highest BCUT2D eigenvalue weighted by molar-refractivity contribution is 5.83. The van der Waals surface area contributed by atoms with Crippen molar-refractivity contribution in [2.75, 3.05) is 24.5 Å². The van der Waals surface area contributed by atoms with Crippen LogP contribution in [0.15, 0.2) is 30.5 Å². The smallest absolute Gasteiger partial charge is 0.407 e. The molecule has 2 aliphatic rings. The Morgan fingerprint density at radius 3 is 2.79 bits per heavy atom. The van der Waals surface area contributed by atoms with Gasteiger partial charge in [0.1, 0.15) is 11.4 Å². The number of H-pyrrole nitrogens is 1. The molecule has 5 rings (SSSR count). The van der Waals surface area contributed by atoms with Gasteiger partial charge in [0.15, 0.2) is 0 Å². The first-order chi connectivity index (χ1) is 13.7. The van der Waals surface area contributed by atoms with Gasteiger partial charge in [0.05, 0.1) is 6.54 Å². The molecular formula is C20H24N6O2. The normalized spacial score (nSPS) is 18.6. The van der Waals surface area contributed by atoms with Crippen molar-refractivity contribution in [2.24, 2.45) is 0 Å². The molecule has 0 radical (unpaired) electrons. The Morgan fingerprint density at radius 2 is 2.04 bits per heavy atom. The monoisotopic (exact) mass is 380 g/mol. The van der Waals surface area contributed by atoms with E-state index in [9.17, 15) is 4.79 Å². The van der Waals surface area contributed by atoms with Crippen molar-refractivity contribution in [2.45, 2.75) is 38.3 Å². The highest BCUT2D eigenvalue weighted by Gasteiger charge is 2.43. The van der Waals surface area contributed by atoms with E-state index < -0.39 is 0 Å². The zero-order valence-corrected chi connectivity index (χ0v) is 15.9. The summed E-state index contributed by atoms with van der Waals surface area (Å²) in [6, 6.07) is 8.32. The van der Waals surface area contributed by atoms with E-state index in [4.69, 9.17) is 4.74 Å². The predicted octanol–water partition coefficient (Wildman–Crippen LogP) is 2.45. The van der Waals surface area contributed by atoms with Crippen molar-refractivity contribution in [3.63, 3.8) is 0 Å². The van der Waals surface area contributed by atoms with E-state index >= 15 is 0 Å². The summed E-state index contributed by atoms with van der Waals surface area (Å²) >= 11 is 0. The van der Waals surface area contributed by atoms with Gasteiger partial charge in [-0.25, -0.2) is 4.79 Å². The fraction of sp³-hybridized carbons (Fsp3) is 0.450. The van der Waals surface area contributed by atoms with Crippen LogP contribution in [0.1, 0.15) is 31.2 Å². The first-order valence-electron chi connectivity index (χ1n) is 9.86. The summed E-state index contributed by atoms with van der Waals surface area (Å²) in [6.45, 7) is 5.16. The number of hydrogen-bond donors (Lipinski definition) is 2. The number of piperidine rings is 1. The van der Waals surface area contributed by atoms with Crippen LogP contribution in [0.25, 0.3) is 10.9 Å². The minimum Gasteiger partial charge on any atom is -0.441 e. The average Bonchev–Trinajstić information content (AvgIpc) is 3.41. The van der Waals surface area contributed by atoms with Crippen LogP contribution in [-0.2, 0) is 17.7 Å².